The van der Waals surface area contributed by atoms with Gasteiger partial charge >= 0.3 is 0 Å². The minimum absolute atomic E-state index is 0.0364. The molecule has 0 unspecified atom stereocenters. The summed E-state index contributed by atoms with van der Waals surface area (Å²) in [6.07, 6.45) is 0. The molecule has 0 radical (unpaired) electrons. The van der Waals surface area contributed by atoms with E-state index in [4.69, 9.17) is 0 Å². The van der Waals surface area contributed by atoms with Crippen molar-refractivity contribution in [1.29, 1.82) is 0 Å². The van der Waals surface area contributed by atoms with Crippen molar-refractivity contribution in [1.82, 2.24) is 4.90 Å². The van der Waals surface area contributed by atoms with Crippen molar-refractivity contribution in [2.75, 3.05) is 14.1 Å². The Hall–Kier alpha value is -1.91. The molecule has 102 valence electrons. The molecule has 3 aromatic rings. The lowest BCUT2D eigenvalue weighted by molar-refractivity contribution is 0.388. The molecule has 0 saturated heterocycles. The molecular formula is C16H15NO2S. The first-order valence-electron chi connectivity index (χ1n) is 6.39. The first-order valence-corrected chi connectivity index (χ1v) is 7.20. The molecule has 1 N–H and O–H groups in total. The fourth-order valence-corrected chi connectivity index (χ4v) is 3.58. The normalized spacial score (nSPS) is 11.6. The third-order valence-corrected chi connectivity index (χ3v) is 4.54. The topological polar surface area (TPSA) is 40.5 Å². The molecule has 20 heavy (non-hydrogen) atoms. The average Bonchev–Trinajstić information content (AvgIpc) is 2.42. The zero-order chi connectivity index (χ0) is 14.3. The Morgan fingerprint density at radius 1 is 1.10 bits per heavy atom. The van der Waals surface area contributed by atoms with Gasteiger partial charge in [-0.1, -0.05) is 12.1 Å². The van der Waals surface area contributed by atoms with Crippen molar-refractivity contribution >= 4 is 31.5 Å². The number of hydrogen-bond donors (Lipinski definition) is 1. The van der Waals surface area contributed by atoms with Crippen LogP contribution in [0.4, 0.5) is 0 Å². The third-order valence-electron chi connectivity index (χ3n) is 3.30. The minimum atomic E-state index is 0.0364. The number of aromatic hydroxyl groups is 1. The Morgan fingerprint density at radius 2 is 1.85 bits per heavy atom. The lowest BCUT2D eigenvalue weighted by atomic mass is 10.1. The molecule has 0 bridgehead atoms. The highest BCUT2D eigenvalue weighted by Gasteiger charge is 2.13. The molecule has 4 heteroatoms. The number of benzene rings is 2. The summed E-state index contributed by atoms with van der Waals surface area (Å²) in [5.74, 6) is 0.247. The van der Waals surface area contributed by atoms with Crippen LogP contribution in [0.3, 0.4) is 0 Å². The number of fused-ring (bicyclic) bond motifs is 2. The highest BCUT2D eigenvalue weighted by molar-refractivity contribution is 7.24. The quantitative estimate of drug-likeness (QED) is 0.735. The molecule has 0 fully saturated rings. The summed E-state index contributed by atoms with van der Waals surface area (Å²) in [7, 11) is 3.89. The van der Waals surface area contributed by atoms with E-state index in [0.29, 0.717) is 11.9 Å². The van der Waals surface area contributed by atoms with Crippen molar-refractivity contribution in [2.45, 2.75) is 6.54 Å². The molecule has 0 aliphatic carbocycles. The molecular weight excluding hydrogens is 270 g/mol. The molecule has 0 saturated carbocycles. The van der Waals surface area contributed by atoms with Crippen molar-refractivity contribution in [3.8, 4) is 5.75 Å². The molecule has 0 spiro atoms. The Balaban J connectivity index is 2.45. The number of phenolic OH excluding ortho intramolecular Hbond substituents is 1. The molecule has 0 amide bonds. The Labute approximate surface area is 120 Å². The molecule has 1 aromatic heterocycles. The van der Waals surface area contributed by atoms with Crippen LogP contribution in [0.2, 0.25) is 0 Å². The maximum Gasteiger partial charge on any atom is 0.195 e. The zero-order valence-electron chi connectivity index (χ0n) is 11.4. The van der Waals surface area contributed by atoms with Gasteiger partial charge in [-0.15, -0.1) is 11.3 Å². The van der Waals surface area contributed by atoms with Crippen LogP contribution in [-0.4, -0.2) is 24.1 Å². The second-order valence-corrected chi connectivity index (χ2v) is 6.16. The Morgan fingerprint density at radius 3 is 2.60 bits per heavy atom. The lowest BCUT2D eigenvalue weighted by Gasteiger charge is -2.13. The van der Waals surface area contributed by atoms with Crippen molar-refractivity contribution in [3.05, 3.63) is 52.2 Å². The van der Waals surface area contributed by atoms with Crippen LogP contribution in [-0.2, 0) is 6.54 Å². The largest absolute Gasteiger partial charge is 0.508 e. The van der Waals surface area contributed by atoms with E-state index in [1.807, 2.05) is 43.3 Å². The number of nitrogens with zero attached hydrogens (tertiary/aromatic N) is 1. The van der Waals surface area contributed by atoms with Gasteiger partial charge in [0.05, 0.1) is 0 Å². The van der Waals surface area contributed by atoms with Crippen LogP contribution in [0.15, 0.2) is 41.2 Å². The molecule has 3 nitrogen and oxygen atoms in total. The Kier molecular flexibility index (Phi) is 3.20. The minimum Gasteiger partial charge on any atom is -0.508 e. The van der Waals surface area contributed by atoms with Gasteiger partial charge in [0, 0.05) is 32.3 Å². The summed E-state index contributed by atoms with van der Waals surface area (Å²) in [5.41, 5.74) is 0.856. The van der Waals surface area contributed by atoms with Gasteiger partial charge in [-0.25, -0.2) is 0 Å². The summed E-state index contributed by atoms with van der Waals surface area (Å²) in [6, 6.07) is 10.9. The van der Waals surface area contributed by atoms with Crippen LogP contribution >= 0.6 is 11.3 Å². The van der Waals surface area contributed by atoms with Crippen molar-refractivity contribution < 1.29 is 5.11 Å². The van der Waals surface area contributed by atoms with Gasteiger partial charge in [-0.3, -0.25) is 4.79 Å². The third kappa shape index (κ3) is 2.07. The second-order valence-electron chi connectivity index (χ2n) is 5.11. The number of rotatable bonds is 2. The highest BCUT2D eigenvalue weighted by Crippen LogP contribution is 2.32. The molecule has 3 rings (SSSR count). The van der Waals surface area contributed by atoms with Crippen molar-refractivity contribution in [3.63, 3.8) is 0 Å². The van der Waals surface area contributed by atoms with Crippen LogP contribution in [0.1, 0.15) is 5.56 Å². The van der Waals surface area contributed by atoms with E-state index in [-0.39, 0.29) is 11.2 Å². The van der Waals surface area contributed by atoms with Gasteiger partial charge in [0.25, 0.3) is 0 Å². The summed E-state index contributed by atoms with van der Waals surface area (Å²) in [5, 5.41) is 11.5. The SMILES string of the molecule is CN(C)Cc1c(O)ccc2c(=O)c3ccccc3sc12. The fourth-order valence-electron chi connectivity index (χ4n) is 2.38. The van der Waals surface area contributed by atoms with Crippen LogP contribution in [0.25, 0.3) is 20.2 Å². The molecule has 2 aromatic carbocycles. The van der Waals surface area contributed by atoms with Gasteiger partial charge in [-0.2, -0.15) is 0 Å². The molecule has 0 aliphatic rings. The summed E-state index contributed by atoms with van der Waals surface area (Å²) in [4.78, 5) is 14.5. The van der Waals surface area contributed by atoms with E-state index in [2.05, 4.69) is 0 Å². The van der Waals surface area contributed by atoms with E-state index in [1.54, 1.807) is 23.5 Å². The fraction of sp³-hybridized carbons (Fsp3) is 0.188. The summed E-state index contributed by atoms with van der Waals surface area (Å²) >= 11 is 1.56. The van der Waals surface area contributed by atoms with Gasteiger partial charge in [0.15, 0.2) is 5.43 Å². The van der Waals surface area contributed by atoms with E-state index in [0.717, 1.165) is 20.3 Å². The van der Waals surface area contributed by atoms with Crippen molar-refractivity contribution in [2.24, 2.45) is 0 Å². The number of phenols is 1. The second kappa shape index (κ2) is 4.89. The predicted molar refractivity (Wildman–Crippen MR) is 84.7 cm³/mol. The molecule has 1 heterocycles. The average molecular weight is 285 g/mol. The maximum atomic E-state index is 12.5. The van der Waals surface area contributed by atoms with Gasteiger partial charge in [-0.05, 0) is 38.4 Å². The van der Waals surface area contributed by atoms with Gasteiger partial charge in [0.2, 0.25) is 0 Å². The molecule has 0 aliphatic heterocycles. The van der Waals surface area contributed by atoms with E-state index in [9.17, 15) is 9.90 Å². The first kappa shape index (κ1) is 13.1. The predicted octanol–water partition coefficient (Wildman–Crippen LogP) is 3.18. The van der Waals surface area contributed by atoms with E-state index in [1.165, 1.54) is 0 Å². The maximum absolute atomic E-state index is 12.5. The number of hydrogen-bond acceptors (Lipinski definition) is 4. The lowest BCUT2D eigenvalue weighted by Crippen LogP contribution is -2.12. The van der Waals surface area contributed by atoms with Gasteiger partial charge < -0.3 is 10.0 Å². The van der Waals surface area contributed by atoms with E-state index < -0.39 is 0 Å². The first-order chi connectivity index (χ1) is 9.58. The summed E-state index contributed by atoms with van der Waals surface area (Å²) in [6.45, 7) is 0.609. The summed E-state index contributed by atoms with van der Waals surface area (Å²) < 4.78 is 1.83. The van der Waals surface area contributed by atoms with Crippen LogP contribution < -0.4 is 5.43 Å². The highest BCUT2D eigenvalue weighted by atomic mass is 32.1. The van der Waals surface area contributed by atoms with E-state index >= 15 is 0 Å². The smallest absolute Gasteiger partial charge is 0.195 e. The van der Waals surface area contributed by atoms with Crippen LogP contribution in [0, 0.1) is 0 Å². The monoisotopic (exact) mass is 285 g/mol. The zero-order valence-corrected chi connectivity index (χ0v) is 12.2. The molecule has 0 atom stereocenters. The van der Waals surface area contributed by atoms with Crippen LogP contribution in [0.5, 0.6) is 5.75 Å². The Bertz CT molecular complexity index is 852. The van der Waals surface area contributed by atoms with Gasteiger partial charge in [0.1, 0.15) is 5.75 Å². The standard InChI is InChI=1S/C16H15NO2S/c1-17(2)9-12-13(18)8-7-11-15(19)10-5-3-4-6-14(10)20-16(11)12/h3-8,18H,9H2,1-2H3.